The number of halogens is 10. The number of hydrogen-bond acceptors (Lipinski definition) is 12. The van der Waals surface area contributed by atoms with Gasteiger partial charge in [0.05, 0.1) is 49.1 Å². The van der Waals surface area contributed by atoms with Gasteiger partial charge in [0.2, 0.25) is 0 Å². The summed E-state index contributed by atoms with van der Waals surface area (Å²) in [6.45, 7) is 3.22. The summed E-state index contributed by atoms with van der Waals surface area (Å²) in [5, 5.41) is 27.9. The minimum atomic E-state index is -4.73. The van der Waals surface area contributed by atoms with Gasteiger partial charge in [0, 0.05) is 29.8 Å². The second-order valence-electron chi connectivity index (χ2n) is 22.9. The normalized spacial score (nSPS) is 24.4. The van der Waals surface area contributed by atoms with Gasteiger partial charge in [0.25, 0.3) is 5.91 Å². The van der Waals surface area contributed by atoms with Gasteiger partial charge < -0.3 is 44.9 Å². The van der Waals surface area contributed by atoms with Crippen molar-refractivity contribution in [3.05, 3.63) is 128 Å². The first-order valence-corrected chi connectivity index (χ1v) is 28.3. The lowest BCUT2D eigenvalue weighted by Crippen LogP contribution is -2.59. The Bertz CT molecular complexity index is 3110. The summed E-state index contributed by atoms with van der Waals surface area (Å²) in [4.78, 5) is 54.7. The van der Waals surface area contributed by atoms with Crippen LogP contribution in [0.25, 0.3) is 0 Å². The highest BCUT2D eigenvalue weighted by Crippen LogP contribution is 2.50. The zero-order valence-electron chi connectivity index (χ0n) is 46.4. The highest BCUT2D eigenvalue weighted by atomic mass is 19.4. The van der Waals surface area contributed by atoms with Gasteiger partial charge in [-0.2, -0.15) is 26.3 Å². The fourth-order valence-electron chi connectivity index (χ4n) is 12.6. The number of piperidine rings is 2. The number of hydrogen-bond donors (Lipinski definition) is 4. The van der Waals surface area contributed by atoms with Crippen LogP contribution in [0.3, 0.4) is 0 Å². The summed E-state index contributed by atoms with van der Waals surface area (Å²) in [5.41, 5.74) is 1.83. The molecule has 15 nitrogen and oxygen atoms in total. The first-order chi connectivity index (χ1) is 40.3. The van der Waals surface area contributed by atoms with Crippen molar-refractivity contribution in [2.75, 3.05) is 53.2 Å². The van der Waals surface area contributed by atoms with Gasteiger partial charge in [-0.3, -0.25) is 14.6 Å². The van der Waals surface area contributed by atoms with E-state index < -0.39 is 81.6 Å². The van der Waals surface area contributed by atoms with E-state index in [4.69, 9.17) is 25.1 Å². The maximum Gasteiger partial charge on any atom is 0.416 e. The molecular formula is C60H66F10N4O11. The number of methoxy groups -OCH3 is 1. The standard InChI is InChI=1S/C30H31F5N2O5.C22H28FNO5.C8H7F4NO/c31-24-4-1-18(12-23(24)27(38)39)17-6-9-36(10-7-17)22-5-8-29(42-15-22,20-2-3-20)28(40)37-14-19-11-21(30(33,34)35)13-25(32)26(19)41-16-37;1-28-20(25)18-12-15(2-5-19(18)23)14-7-10-24(11-8-14)17-6-9-22(21(26)27,29-13-17)16-3-4-16;9-6-2-5(8(10,11)12)1-4(3-13)7(6)14/h1,4,11-13,17,20,22H,2-3,5-10,14-16H2,(H,38,39);2,5,12,14,16-17H,3-4,6-11,13H2,1H3,(H,26,27);1-2,14H,3,13H2/t22-,29+;17-,22+;/m11./s1. The molecule has 5 aliphatic heterocycles. The van der Waals surface area contributed by atoms with Crippen LogP contribution in [0.15, 0.2) is 60.7 Å². The number of likely N-dealkylation sites (tertiary alicyclic amines) is 2. The average molecular weight is 1210 g/mol. The molecule has 5 N–H and O–H groups in total. The molecule has 1 amide bonds. The number of nitrogens with two attached hydrogens (primary N) is 1. The van der Waals surface area contributed by atoms with Crippen molar-refractivity contribution in [1.82, 2.24) is 14.7 Å². The van der Waals surface area contributed by atoms with Crippen molar-refractivity contribution < 1.29 is 97.3 Å². The highest BCUT2D eigenvalue weighted by Gasteiger charge is 2.57. The number of alkyl halides is 6. The van der Waals surface area contributed by atoms with Gasteiger partial charge in [0.15, 0.2) is 35.5 Å². The molecule has 4 saturated heterocycles. The van der Waals surface area contributed by atoms with Crippen LogP contribution < -0.4 is 10.5 Å². The number of amides is 1. The fraction of sp³-hybridized carbons (Fsp3) is 0.533. The summed E-state index contributed by atoms with van der Waals surface area (Å²) in [6, 6.07) is 11.4. The van der Waals surface area contributed by atoms with Crippen molar-refractivity contribution in [2.45, 2.75) is 138 Å². The third kappa shape index (κ3) is 13.8. The van der Waals surface area contributed by atoms with Crippen LogP contribution in [0, 0.1) is 35.1 Å². The van der Waals surface area contributed by atoms with Gasteiger partial charge in [-0.15, -0.1) is 0 Å². The number of ether oxygens (including phenoxy) is 4. The first kappa shape index (κ1) is 63.0. The van der Waals surface area contributed by atoms with E-state index in [2.05, 4.69) is 14.5 Å². The third-order valence-electron chi connectivity index (χ3n) is 17.8. The number of carboxylic acids is 2. The molecule has 0 bridgehead atoms. The zero-order valence-corrected chi connectivity index (χ0v) is 46.4. The number of nitrogens with zero attached hydrogens (tertiary/aromatic N) is 3. The molecule has 6 fully saturated rings. The SMILES string of the molecule is COC(=O)c1cc(C2CCN([C@@H]3CC[C@@](C(=O)O)(C4CC4)OC3)CC2)ccc1F.NCc1cc(C(F)(F)F)cc(F)c1O.O=C(O)c1cc(C2CCN([C@@H]3CC[C@@](C(=O)N4COc5c(F)cc(C(F)(F)F)cc5C4)(C4CC4)OC3)CC2)ccc1F. The van der Waals surface area contributed by atoms with Crippen LogP contribution >= 0.6 is 0 Å². The molecule has 0 spiro atoms. The van der Waals surface area contributed by atoms with E-state index in [1.807, 2.05) is 0 Å². The minimum absolute atomic E-state index is 0.0123. The molecular weight excluding hydrogens is 1140 g/mol. The lowest BCUT2D eigenvalue weighted by Gasteiger charge is -2.46. The Hall–Kier alpha value is -6.54. The number of phenolic OH excluding ortho intramolecular Hbond substituents is 1. The van der Waals surface area contributed by atoms with Gasteiger partial charge in [-0.25, -0.2) is 31.9 Å². The van der Waals surface area contributed by atoms with Crippen LogP contribution in [-0.4, -0.2) is 130 Å². The predicted octanol–water partition coefficient (Wildman–Crippen LogP) is 10.8. The van der Waals surface area contributed by atoms with Crippen LogP contribution in [0.5, 0.6) is 11.5 Å². The Labute approximate surface area is 482 Å². The smallest absolute Gasteiger partial charge is 0.416 e. The van der Waals surface area contributed by atoms with Crippen molar-refractivity contribution in [2.24, 2.45) is 17.6 Å². The second kappa shape index (κ2) is 25.4. The molecule has 85 heavy (non-hydrogen) atoms. The van der Waals surface area contributed by atoms with Crippen molar-refractivity contribution in [1.29, 1.82) is 0 Å². The quantitative estimate of drug-likeness (QED) is 0.0816. The van der Waals surface area contributed by atoms with Crippen LogP contribution in [0.2, 0.25) is 0 Å². The molecule has 462 valence electrons. The van der Waals surface area contributed by atoms with Gasteiger partial charge in [-0.1, -0.05) is 12.1 Å². The Morgan fingerprint density at radius 3 is 1.58 bits per heavy atom. The number of aliphatic carboxylic acids is 1. The van der Waals surface area contributed by atoms with E-state index in [1.165, 1.54) is 30.2 Å². The zero-order chi connectivity index (χ0) is 61.3. The number of aromatic hydroxyl groups is 1. The summed E-state index contributed by atoms with van der Waals surface area (Å²) in [6.07, 6.45) is 0.120. The number of rotatable bonds is 11. The van der Waals surface area contributed by atoms with Crippen LogP contribution in [-0.2, 0) is 49.2 Å². The molecule has 4 aromatic carbocycles. The Kier molecular flexibility index (Phi) is 18.8. The topological polar surface area (TPSA) is 202 Å². The number of fused-ring (bicyclic) bond motifs is 1. The summed E-state index contributed by atoms with van der Waals surface area (Å²) in [5.74, 6) is -7.36. The third-order valence-corrected chi connectivity index (χ3v) is 17.8. The molecule has 0 radical (unpaired) electrons. The van der Waals surface area contributed by atoms with E-state index in [0.717, 1.165) is 101 Å². The Morgan fingerprint density at radius 1 is 0.635 bits per heavy atom. The summed E-state index contributed by atoms with van der Waals surface area (Å²) < 4.78 is 153. The molecule has 7 aliphatic rings. The molecule has 25 heteroatoms. The van der Waals surface area contributed by atoms with E-state index in [9.17, 15) is 73.3 Å². The molecule has 0 aromatic heterocycles. The Balaban J connectivity index is 0.000000173. The maximum atomic E-state index is 14.4. The van der Waals surface area contributed by atoms with Gasteiger partial charge in [-0.05, 0) is 187 Å². The molecule has 2 saturated carbocycles. The number of carbonyl (C=O) groups is 4. The second-order valence-corrected chi connectivity index (χ2v) is 22.9. The minimum Gasteiger partial charge on any atom is -0.505 e. The molecule has 0 unspecified atom stereocenters. The number of benzene rings is 4. The lowest BCUT2D eigenvalue weighted by molar-refractivity contribution is -0.182. The molecule has 4 atom stereocenters. The predicted molar refractivity (Wildman–Crippen MR) is 283 cm³/mol. The summed E-state index contributed by atoms with van der Waals surface area (Å²) in [7, 11) is 1.25. The van der Waals surface area contributed by atoms with Crippen molar-refractivity contribution in [3.8, 4) is 11.5 Å². The first-order valence-electron chi connectivity index (χ1n) is 28.3. The number of esters is 1. The largest absolute Gasteiger partial charge is 0.505 e. The highest BCUT2D eigenvalue weighted by molar-refractivity contribution is 5.90. The van der Waals surface area contributed by atoms with Crippen LogP contribution in [0.4, 0.5) is 43.9 Å². The molecule has 11 rings (SSSR count). The molecule has 4 aromatic rings. The number of carbonyl (C=O) groups excluding carboxylic acids is 2. The van der Waals surface area contributed by atoms with Crippen LogP contribution in [0.1, 0.15) is 143 Å². The van der Waals surface area contributed by atoms with Gasteiger partial charge in [0.1, 0.15) is 17.2 Å². The molecule has 2 aliphatic carbocycles. The van der Waals surface area contributed by atoms with E-state index in [1.54, 1.807) is 18.2 Å². The average Bonchev–Trinajstić information content (AvgIpc) is 2.76. The van der Waals surface area contributed by atoms with Gasteiger partial charge >= 0.3 is 30.3 Å². The number of carboxylic acid groups (broad SMARTS) is 2. The lowest BCUT2D eigenvalue weighted by atomic mass is 9.84. The van der Waals surface area contributed by atoms with E-state index in [-0.39, 0.29) is 95.6 Å². The fourth-order valence-corrected chi connectivity index (χ4v) is 12.6. The number of aromatic carboxylic acids is 1. The van der Waals surface area contributed by atoms with Crippen molar-refractivity contribution in [3.63, 3.8) is 0 Å². The monoisotopic (exact) mass is 1210 g/mol. The molecule has 5 heterocycles. The summed E-state index contributed by atoms with van der Waals surface area (Å²) >= 11 is 0. The maximum absolute atomic E-state index is 14.4. The van der Waals surface area contributed by atoms with Crippen molar-refractivity contribution >= 4 is 23.8 Å². The number of phenols is 1. The van der Waals surface area contributed by atoms with E-state index in [0.29, 0.717) is 44.6 Å². The van der Waals surface area contributed by atoms with E-state index >= 15 is 0 Å². The Morgan fingerprint density at radius 2 is 1.12 bits per heavy atom.